The van der Waals surface area contributed by atoms with Gasteiger partial charge in [0, 0.05) is 130 Å². The Hall–Kier alpha value is -19.6. The number of aromatic nitrogens is 9. The molecule has 0 N–H and O–H groups in total. The maximum atomic E-state index is 6.43. The van der Waals surface area contributed by atoms with Crippen LogP contribution in [-0.4, -0.2) is 44.9 Å². The van der Waals surface area contributed by atoms with Crippen LogP contribution in [0.4, 0.5) is 0 Å². The van der Waals surface area contributed by atoms with Crippen molar-refractivity contribution in [1.82, 2.24) is 44.9 Å². The fourth-order valence-electron chi connectivity index (χ4n) is 19.8. The standard InChI is InChI=1S/C49H31N3O.C43H27N3O.C39H23N3O2/c1-2-14-39-32(10-1)11-8-16-40(39)33-23-27-36(28-24-33)49-51-45(31-46(52-49)38-13-7-12-37(30-38)44-19-5-6-29-50-44)35-25-21-34(22-26-35)41-17-9-18-43-42-15-3-4-20-47(42)53-48(41)43;1-2-7-34-26-35(21-16-28(34)6-1)30-14-19-33(20-15-30)40-27-39(32-17-12-29(13-18-32)31-22-24-44-25-23-31)45-43(46-40)38-10-5-9-37-36-8-3-4-11-41(36)47-42(37)38;1-3-18-35-27(12-1)29-14-6-16-31(37(29)43-35)34-22-33(25-10-5-9-24(21-25)26-11-8-20-40-23-26)41-39(42-34)32-17-7-15-30-28-13-2-4-19-36(28)44-38(30)32/h1-31H;1-27H;1-23H. The minimum atomic E-state index is 0.585. The third-order valence-corrected chi connectivity index (χ3v) is 27.0. The summed E-state index contributed by atoms with van der Waals surface area (Å²) >= 11 is 0. The predicted molar refractivity (Wildman–Crippen MR) is 585 cm³/mol. The summed E-state index contributed by atoms with van der Waals surface area (Å²) in [6.45, 7) is 0. The number of pyridine rings is 3. The number of hydrogen-bond donors (Lipinski definition) is 0. The van der Waals surface area contributed by atoms with E-state index in [2.05, 4.69) is 349 Å². The molecule has 0 saturated heterocycles. The minimum Gasteiger partial charge on any atom is -0.455 e. The Morgan fingerprint density at radius 3 is 1.01 bits per heavy atom. The molecule has 0 saturated carbocycles. The maximum Gasteiger partial charge on any atom is 0.164 e. The highest BCUT2D eigenvalue weighted by Gasteiger charge is 2.24. The van der Waals surface area contributed by atoms with Crippen molar-refractivity contribution < 1.29 is 17.7 Å². The summed E-state index contributed by atoms with van der Waals surface area (Å²) < 4.78 is 25.6. The Bertz CT molecular complexity index is 9630. The average Bonchev–Trinajstić information content (AvgIpc) is 1.60. The molecule has 0 aliphatic carbocycles. The number of fused-ring (bicyclic) bond motifs is 14. The molecule has 0 unspecified atom stereocenters. The van der Waals surface area contributed by atoms with Crippen LogP contribution in [0, 0.1) is 0 Å². The molecule has 28 rings (SSSR count). The lowest BCUT2D eigenvalue weighted by atomic mass is 9.97. The Balaban J connectivity index is 0.000000111. The molecule has 10 heterocycles. The number of furan rings is 4. The monoisotopic (exact) mass is 1840 g/mol. The first-order valence-electron chi connectivity index (χ1n) is 47.9. The van der Waals surface area contributed by atoms with Crippen molar-refractivity contribution in [2.24, 2.45) is 0 Å². The van der Waals surface area contributed by atoms with E-state index < -0.39 is 0 Å². The Morgan fingerprint density at radius 1 is 0.146 bits per heavy atom. The summed E-state index contributed by atoms with van der Waals surface area (Å²) in [6.07, 6.45) is 9.11. The van der Waals surface area contributed by atoms with E-state index in [1.54, 1.807) is 6.20 Å². The van der Waals surface area contributed by atoms with Gasteiger partial charge in [-0.15, -0.1) is 0 Å². The molecule has 0 fully saturated rings. The quantitative estimate of drug-likeness (QED) is 0.0951. The Kier molecular flexibility index (Phi) is 21.6. The van der Waals surface area contributed by atoms with Crippen LogP contribution in [0.5, 0.6) is 0 Å². The van der Waals surface area contributed by atoms with Crippen molar-refractivity contribution in [2.45, 2.75) is 0 Å². The van der Waals surface area contributed by atoms with E-state index in [-0.39, 0.29) is 0 Å². The second kappa shape index (κ2) is 36.7. The topological polar surface area (TPSA) is 169 Å². The van der Waals surface area contributed by atoms with Crippen LogP contribution in [0.15, 0.2) is 510 Å². The number of hydrogen-bond acceptors (Lipinski definition) is 13. The molecular formula is C131H81N9O4. The van der Waals surface area contributed by atoms with Crippen LogP contribution in [0.1, 0.15) is 0 Å². The van der Waals surface area contributed by atoms with Crippen molar-refractivity contribution in [2.75, 3.05) is 0 Å². The number of nitrogens with zero attached hydrogens (tertiary/aromatic N) is 9. The SMILES string of the molecule is c1ccc(-c2cccc(-c3cc(-c4ccc(-c5cccc6c5oc5ccccc56)cc4)nc(-c4ccc(-c5cccc6ccccc56)cc4)n3)c2)nc1.c1ccc2cc(-c3ccc(-c4cc(-c5ccc(-c6ccncc6)cc5)nc(-c5cccc6c5oc5ccccc56)n4)cc3)ccc2c1.c1cncc(-c2cccc(-c3cc(-c4cccc5c4oc4ccccc45)nc(-c4cccc5c4oc4ccccc45)n3)c2)c1. The first kappa shape index (κ1) is 84.8. The molecule has 144 heavy (non-hydrogen) atoms. The zero-order valence-electron chi connectivity index (χ0n) is 77.4. The molecule has 10 aromatic heterocycles. The molecule has 0 aliphatic heterocycles. The van der Waals surface area contributed by atoms with E-state index in [9.17, 15) is 0 Å². The minimum absolute atomic E-state index is 0.585. The van der Waals surface area contributed by atoms with E-state index in [0.29, 0.717) is 17.5 Å². The summed E-state index contributed by atoms with van der Waals surface area (Å²) in [5, 5.41) is 13.5. The van der Waals surface area contributed by atoms with Crippen LogP contribution in [0.3, 0.4) is 0 Å². The third-order valence-electron chi connectivity index (χ3n) is 27.0. The summed E-state index contributed by atoms with van der Waals surface area (Å²) in [5.74, 6) is 1.88. The van der Waals surface area contributed by atoms with E-state index >= 15 is 0 Å². The lowest BCUT2D eigenvalue weighted by Crippen LogP contribution is -1.96. The summed E-state index contributed by atoms with van der Waals surface area (Å²) in [4.78, 5) is 44.0. The van der Waals surface area contributed by atoms with Crippen LogP contribution < -0.4 is 0 Å². The van der Waals surface area contributed by atoms with Gasteiger partial charge in [0.1, 0.15) is 44.7 Å². The van der Waals surface area contributed by atoms with Crippen molar-refractivity contribution in [3.05, 3.63) is 492 Å². The lowest BCUT2D eigenvalue weighted by molar-refractivity contribution is 0.669. The van der Waals surface area contributed by atoms with Gasteiger partial charge in [0.2, 0.25) is 0 Å². The molecule has 13 nitrogen and oxygen atoms in total. The number of rotatable bonds is 15. The number of benzene rings is 18. The van der Waals surface area contributed by atoms with Gasteiger partial charge in [-0.25, -0.2) is 29.9 Å². The van der Waals surface area contributed by atoms with Gasteiger partial charge in [-0.3, -0.25) is 15.0 Å². The molecule has 0 amide bonds. The molecule has 13 heteroatoms. The van der Waals surface area contributed by atoms with Gasteiger partial charge in [0.25, 0.3) is 0 Å². The summed E-state index contributed by atoms with van der Waals surface area (Å²) in [5.41, 5.74) is 33.4. The smallest absolute Gasteiger partial charge is 0.164 e. The van der Waals surface area contributed by atoms with Crippen LogP contribution in [0.25, 0.3) is 278 Å². The van der Waals surface area contributed by atoms with Gasteiger partial charge in [-0.1, -0.05) is 352 Å². The first-order valence-corrected chi connectivity index (χ1v) is 47.9. The molecule has 0 spiro atoms. The highest BCUT2D eigenvalue weighted by molar-refractivity contribution is 6.13. The van der Waals surface area contributed by atoms with E-state index in [0.717, 1.165) is 228 Å². The summed E-state index contributed by atoms with van der Waals surface area (Å²) in [6, 6.07) is 159. The van der Waals surface area contributed by atoms with Gasteiger partial charge in [0.15, 0.2) is 17.5 Å². The molecule has 28 aromatic rings. The van der Waals surface area contributed by atoms with Gasteiger partial charge in [0.05, 0.1) is 51.0 Å². The largest absolute Gasteiger partial charge is 0.455 e. The second-order valence-corrected chi connectivity index (χ2v) is 35.8. The summed E-state index contributed by atoms with van der Waals surface area (Å²) in [7, 11) is 0. The fourth-order valence-corrected chi connectivity index (χ4v) is 19.8. The van der Waals surface area contributed by atoms with Gasteiger partial charge < -0.3 is 17.7 Å². The van der Waals surface area contributed by atoms with Crippen molar-refractivity contribution in [1.29, 1.82) is 0 Å². The van der Waals surface area contributed by atoms with Crippen LogP contribution in [0.2, 0.25) is 0 Å². The molecule has 0 atom stereocenters. The maximum absolute atomic E-state index is 6.43. The van der Waals surface area contributed by atoms with E-state index in [1.807, 2.05) is 152 Å². The van der Waals surface area contributed by atoms with Crippen LogP contribution >= 0.6 is 0 Å². The third kappa shape index (κ3) is 16.2. The molecule has 0 bridgehead atoms. The zero-order chi connectivity index (χ0) is 95.3. The van der Waals surface area contributed by atoms with Gasteiger partial charge in [-0.2, -0.15) is 0 Å². The number of para-hydroxylation sites is 8. The predicted octanol–water partition coefficient (Wildman–Crippen LogP) is 34.5. The molecule has 674 valence electrons. The molecule has 0 radical (unpaired) electrons. The lowest BCUT2D eigenvalue weighted by Gasteiger charge is -2.12. The van der Waals surface area contributed by atoms with Crippen molar-refractivity contribution in [3.8, 4) is 169 Å². The van der Waals surface area contributed by atoms with Crippen molar-refractivity contribution >= 4 is 109 Å². The van der Waals surface area contributed by atoms with Crippen molar-refractivity contribution in [3.63, 3.8) is 0 Å². The van der Waals surface area contributed by atoms with Gasteiger partial charge in [-0.05, 0) is 175 Å². The zero-order valence-corrected chi connectivity index (χ0v) is 77.4. The van der Waals surface area contributed by atoms with Crippen LogP contribution in [-0.2, 0) is 0 Å². The molecule has 0 aliphatic rings. The Morgan fingerprint density at radius 2 is 0.486 bits per heavy atom. The Labute approximate surface area is 826 Å². The fraction of sp³-hybridized carbons (Fsp3) is 0. The first-order chi connectivity index (χ1) is 71.3. The highest BCUT2D eigenvalue weighted by Crippen LogP contribution is 2.45. The second-order valence-electron chi connectivity index (χ2n) is 35.8. The van der Waals surface area contributed by atoms with E-state index in [1.165, 1.54) is 32.7 Å². The van der Waals surface area contributed by atoms with E-state index in [4.69, 9.17) is 47.6 Å². The molecule has 18 aromatic carbocycles. The normalized spacial score (nSPS) is 11.5. The highest BCUT2D eigenvalue weighted by atomic mass is 16.3. The molecular weight excluding hydrogens is 1760 g/mol. The average molecular weight is 1850 g/mol. The van der Waals surface area contributed by atoms with Gasteiger partial charge >= 0.3 is 0 Å².